The normalized spacial score (nSPS) is 10.1. The number of halogens is 1. The smallest absolute Gasteiger partial charge is 0.161 e. The van der Waals surface area contributed by atoms with Gasteiger partial charge in [-0.05, 0) is 31.2 Å². The van der Waals surface area contributed by atoms with E-state index in [-0.39, 0.29) is 0 Å². The first-order chi connectivity index (χ1) is 9.74. The van der Waals surface area contributed by atoms with Gasteiger partial charge in [-0.1, -0.05) is 34.1 Å². The van der Waals surface area contributed by atoms with E-state index in [1.54, 1.807) is 18.2 Å². The van der Waals surface area contributed by atoms with E-state index in [1.165, 1.54) is 0 Å². The Hall–Kier alpha value is -1.81. The van der Waals surface area contributed by atoms with Gasteiger partial charge in [0.2, 0.25) is 0 Å². The van der Waals surface area contributed by atoms with E-state index >= 15 is 0 Å². The van der Waals surface area contributed by atoms with Crippen molar-refractivity contribution in [3.8, 4) is 11.5 Å². The summed E-state index contributed by atoms with van der Waals surface area (Å²) in [6.45, 7) is 2.85. The molecule has 0 spiro atoms. The first kappa shape index (κ1) is 14.6. The third-order valence-corrected chi connectivity index (χ3v) is 3.52. The van der Waals surface area contributed by atoms with Crippen molar-refractivity contribution in [3.05, 3.63) is 58.1 Å². The first-order valence-electron chi connectivity index (χ1n) is 6.33. The molecule has 0 heterocycles. The molecule has 0 aromatic heterocycles. The van der Waals surface area contributed by atoms with E-state index in [9.17, 15) is 4.79 Å². The van der Waals surface area contributed by atoms with Crippen LogP contribution in [0.5, 0.6) is 11.5 Å². The number of carbonyl (C=O) groups is 1. The van der Waals surface area contributed by atoms with Crippen LogP contribution in [0.2, 0.25) is 0 Å². The topological polar surface area (TPSA) is 35.5 Å². The van der Waals surface area contributed by atoms with Gasteiger partial charge in [0.15, 0.2) is 11.5 Å². The van der Waals surface area contributed by atoms with E-state index in [4.69, 9.17) is 9.47 Å². The molecule has 0 amide bonds. The minimum Gasteiger partial charge on any atom is -0.490 e. The zero-order chi connectivity index (χ0) is 14.4. The number of hydrogen-bond donors (Lipinski definition) is 0. The van der Waals surface area contributed by atoms with Crippen LogP contribution in [-0.4, -0.2) is 12.9 Å². The number of aldehydes is 1. The Morgan fingerprint density at radius 3 is 2.60 bits per heavy atom. The molecule has 0 N–H and O–H groups in total. The van der Waals surface area contributed by atoms with Crippen LogP contribution in [0.1, 0.15) is 22.8 Å². The van der Waals surface area contributed by atoms with Crippen molar-refractivity contribution in [1.29, 1.82) is 0 Å². The van der Waals surface area contributed by atoms with Crippen molar-refractivity contribution < 1.29 is 14.3 Å². The highest BCUT2D eigenvalue weighted by molar-refractivity contribution is 9.10. The van der Waals surface area contributed by atoms with Gasteiger partial charge in [-0.3, -0.25) is 4.79 Å². The fourth-order valence-electron chi connectivity index (χ4n) is 1.76. The molecule has 0 saturated carbocycles. The van der Waals surface area contributed by atoms with Crippen LogP contribution in [0.15, 0.2) is 46.9 Å². The van der Waals surface area contributed by atoms with Gasteiger partial charge >= 0.3 is 0 Å². The molecule has 0 atom stereocenters. The second kappa shape index (κ2) is 7.10. The van der Waals surface area contributed by atoms with Gasteiger partial charge in [-0.15, -0.1) is 0 Å². The minimum absolute atomic E-state index is 0.432. The van der Waals surface area contributed by atoms with Gasteiger partial charge in [-0.25, -0.2) is 0 Å². The Kier molecular flexibility index (Phi) is 5.18. The lowest BCUT2D eigenvalue weighted by Gasteiger charge is -2.13. The number of hydrogen-bond acceptors (Lipinski definition) is 3. The molecule has 2 rings (SSSR count). The molecule has 0 fully saturated rings. The largest absolute Gasteiger partial charge is 0.490 e. The predicted octanol–water partition coefficient (Wildman–Crippen LogP) is 4.24. The zero-order valence-electron chi connectivity index (χ0n) is 11.1. The Morgan fingerprint density at radius 1 is 1.10 bits per heavy atom. The highest BCUT2D eigenvalue weighted by atomic mass is 79.9. The van der Waals surface area contributed by atoms with Crippen molar-refractivity contribution in [2.45, 2.75) is 13.5 Å². The Morgan fingerprint density at radius 2 is 1.90 bits per heavy atom. The maximum absolute atomic E-state index is 10.8. The van der Waals surface area contributed by atoms with E-state index in [2.05, 4.69) is 15.9 Å². The molecule has 3 nitrogen and oxygen atoms in total. The minimum atomic E-state index is 0.432. The summed E-state index contributed by atoms with van der Waals surface area (Å²) in [5.41, 5.74) is 1.62. The van der Waals surface area contributed by atoms with Crippen LogP contribution in [0.3, 0.4) is 0 Å². The Labute approximate surface area is 126 Å². The van der Waals surface area contributed by atoms with Crippen molar-refractivity contribution in [1.82, 2.24) is 0 Å². The summed E-state index contributed by atoms with van der Waals surface area (Å²) >= 11 is 3.48. The average molecular weight is 335 g/mol. The summed E-state index contributed by atoms with van der Waals surface area (Å²) in [5.74, 6) is 1.22. The Balaban J connectivity index is 2.16. The molecule has 0 unspecified atom stereocenters. The van der Waals surface area contributed by atoms with Gasteiger partial charge in [0, 0.05) is 15.6 Å². The fourth-order valence-corrected chi connectivity index (χ4v) is 2.16. The summed E-state index contributed by atoms with van der Waals surface area (Å²) in [7, 11) is 0. The molecule has 2 aromatic carbocycles. The van der Waals surface area contributed by atoms with Crippen molar-refractivity contribution in [2.24, 2.45) is 0 Å². The third-order valence-electron chi connectivity index (χ3n) is 2.74. The summed E-state index contributed by atoms with van der Waals surface area (Å²) in [5, 5.41) is 0. The molecule has 0 radical (unpaired) electrons. The van der Waals surface area contributed by atoms with Crippen LogP contribution >= 0.6 is 15.9 Å². The molecule has 4 heteroatoms. The van der Waals surface area contributed by atoms with E-state index in [1.807, 2.05) is 31.2 Å². The van der Waals surface area contributed by atoms with Crippen LogP contribution in [0.4, 0.5) is 0 Å². The second-order valence-corrected chi connectivity index (χ2v) is 4.99. The van der Waals surface area contributed by atoms with Crippen molar-refractivity contribution >= 4 is 22.2 Å². The Bertz CT molecular complexity index is 596. The lowest BCUT2D eigenvalue weighted by Crippen LogP contribution is -2.00. The summed E-state index contributed by atoms with van der Waals surface area (Å²) in [4.78, 5) is 10.8. The second-order valence-electron chi connectivity index (χ2n) is 4.14. The highest BCUT2D eigenvalue weighted by Gasteiger charge is 2.07. The number of benzene rings is 2. The summed E-state index contributed by atoms with van der Waals surface area (Å²) in [6.07, 6.45) is 0.792. The lowest BCUT2D eigenvalue weighted by molar-refractivity contribution is 0.112. The van der Waals surface area contributed by atoms with Gasteiger partial charge in [0.25, 0.3) is 0 Å². The van der Waals surface area contributed by atoms with Crippen LogP contribution in [-0.2, 0) is 6.61 Å². The van der Waals surface area contributed by atoms with Gasteiger partial charge < -0.3 is 9.47 Å². The quantitative estimate of drug-likeness (QED) is 0.741. The molecule has 104 valence electrons. The molecule has 0 saturated heterocycles. The number of carbonyl (C=O) groups excluding carboxylic acids is 1. The van der Waals surface area contributed by atoms with E-state index in [0.717, 1.165) is 16.3 Å². The standard InChI is InChI=1S/C16H15BrO3/c1-2-19-16-9-12(10-18)7-8-15(16)20-11-13-5-3-4-6-14(13)17/h3-10H,2,11H2,1H3. The number of rotatable bonds is 6. The molecule has 0 aliphatic rings. The molecule has 20 heavy (non-hydrogen) atoms. The lowest BCUT2D eigenvalue weighted by atomic mass is 10.2. The molecular formula is C16H15BrO3. The SMILES string of the molecule is CCOc1cc(C=O)ccc1OCc1ccccc1Br. The van der Waals surface area contributed by atoms with Crippen LogP contribution in [0, 0.1) is 0 Å². The maximum Gasteiger partial charge on any atom is 0.161 e. The van der Waals surface area contributed by atoms with Gasteiger partial charge in [0.1, 0.15) is 12.9 Å². The van der Waals surface area contributed by atoms with Gasteiger partial charge in [0.05, 0.1) is 6.61 Å². The molecule has 2 aromatic rings. The predicted molar refractivity (Wildman–Crippen MR) is 81.5 cm³/mol. The van der Waals surface area contributed by atoms with Crippen LogP contribution < -0.4 is 9.47 Å². The fraction of sp³-hybridized carbons (Fsp3) is 0.188. The molecule has 0 aliphatic carbocycles. The van der Waals surface area contributed by atoms with E-state index < -0.39 is 0 Å². The molecule has 0 bridgehead atoms. The molecular weight excluding hydrogens is 320 g/mol. The first-order valence-corrected chi connectivity index (χ1v) is 7.12. The monoisotopic (exact) mass is 334 g/mol. The average Bonchev–Trinajstić information content (AvgIpc) is 2.47. The number of ether oxygens (including phenoxy) is 2. The summed E-state index contributed by atoms with van der Waals surface area (Å²) < 4.78 is 12.3. The van der Waals surface area contributed by atoms with E-state index in [0.29, 0.717) is 30.3 Å². The maximum atomic E-state index is 10.8. The van der Waals surface area contributed by atoms with Crippen molar-refractivity contribution in [3.63, 3.8) is 0 Å². The van der Waals surface area contributed by atoms with Crippen LogP contribution in [0.25, 0.3) is 0 Å². The summed E-state index contributed by atoms with van der Waals surface area (Å²) in [6, 6.07) is 13.0. The zero-order valence-corrected chi connectivity index (χ0v) is 12.7. The van der Waals surface area contributed by atoms with Crippen molar-refractivity contribution in [2.75, 3.05) is 6.61 Å². The third kappa shape index (κ3) is 3.61. The highest BCUT2D eigenvalue weighted by Crippen LogP contribution is 2.29. The van der Waals surface area contributed by atoms with Gasteiger partial charge in [-0.2, -0.15) is 0 Å². The molecule has 0 aliphatic heterocycles.